The fourth-order valence-electron chi connectivity index (χ4n) is 4.34. The molecule has 2 aromatic rings. The molecule has 41 heavy (non-hydrogen) atoms. The summed E-state index contributed by atoms with van der Waals surface area (Å²) in [5, 5.41) is 10.2. The first-order chi connectivity index (χ1) is 19.8. The summed E-state index contributed by atoms with van der Waals surface area (Å²) in [6, 6.07) is 10.5. The summed E-state index contributed by atoms with van der Waals surface area (Å²) in [6.45, 7) is 1.21. The van der Waals surface area contributed by atoms with Gasteiger partial charge in [0.15, 0.2) is 5.96 Å². The fraction of sp³-hybridized carbons (Fsp3) is 0.483. The quantitative estimate of drug-likeness (QED) is 0.0543. The lowest BCUT2D eigenvalue weighted by Crippen LogP contribution is -2.55. The Kier molecular flexibility index (Phi) is 14.8. The highest BCUT2D eigenvalue weighted by atomic mass is 16.2. The Morgan fingerprint density at radius 2 is 1.37 bits per heavy atom. The van der Waals surface area contributed by atoms with Crippen molar-refractivity contribution in [3.8, 4) is 0 Å². The van der Waals surface area contributed by atoms with Gasteiger partial charge >= 0.3 is 0 Å². The molecule has 2 aromatic carbocycles. The minimum atomic E-state index is -0.913. The van der Waals surface area contributed by atoms with Gasteiger partial charge in [-0.2, -0.15) is 0 Å². The molecule has 11 N–H and O–H groups in total. The van der Waals surface area contributed by atoms with Gasteiger partial charge < -0.3 is 43.7 Å². The smallest absolute Gasteiger partial charge is 0.251 e. The van der Waals surface area contributed by atoms with E-state index in [2.05, 4.69) is 20.9 Å². The van der Waals surface area contributed by atoms with Gasteiger partial charge in [0, 0.05) is 12.1 Å². The van der Waals surface area contributed by atoms with Gasteiger partial charge in [-0.15, -0.1) is 0 Å². The maximum atomic E-state index is 13.4. The first-order valence-corrected chi connectivity index (χ1v) is 14.1. The van der Waals surface area contributed by atoms with Gasteiger partial charge in [0.25, 0.3) is 5.91 Å². The zero-order valence-corrected chi connectivity index (χ0v) is 23.5. The number of nitrogens with two attached hydrogens (primary N) is 4. The summed E-state index contributed by atoms with van der Waals surface area (Å²) in [6.07, 6.45) is 4.67. The number of benzene rings is 2. The molecule has 0 aliphatic heterocycles. The van der Waals surface area contributed by atoms with Crippen LogP contribution in [-0.4, -0.2) is 67.7 Å². The van der Waals surface area contributed by atoms with Crippen molar-refractivity contribution in [2.24, 2.45) is 27.9 Å². The number of aliphatic imine (C=N–C) groups is 1. The van der Waals surface area contributed by atoms with Gasteiger partial charge in [-0.05, 0) is 87.4 Å². The number of carbonyl (C=O) groups is 4. The Morgan fingerprint density at radius 1 is 0.756 bits per heavy atom. The van der Waals surface area contributed by atoms with Crippen LogP contribution in [0.5, 0.6) is 0 Å². The van der Waals surface area contributed by atoms with E-state index < -0.39 is 35.8 Å². The average Bonchev–Trinajstić information content (AvgIpc) is 2.97. The van der Waals surface area contributed by atoms with Crippen LogP contribution in [0.4, 0.5) is 0 Å². The molecular formula is C29H44N8O4. The van der Waals surface area contributed by atoms with E-state index in [0.717, 1.165) is 10.8 Å². The van der Waals surface area contributed by atoms with E-state index in [0.29, 0.717) is 82.9 Å². The second-order valence-corrected chi connectivity index (χ2v) is 9.92. The highest BCUT2D eigenvalue weighted by Gasteiger charge is 2.28. The Labute approximate surface area is 241 Å². The van der Waals surface area contributed by atoms with Crippen molar-refractivity contribution >= 4 is 40.7 Å². The van der Waals surface area contributed by atoms with Crippen molar-refractivity contribution in [1.29, 1.82) is 0 Å². The molecule has 0 aliphatic rings. The van der Waals surface area contributed by atoms with Crippen molar-refractivity contribution in [2.45, 2.75) is 69.5 Å². The van der Waals surface area contributed by atoms with E-state index in [1.165, 1.54) is 0 Å². The van der Waals surface area contributed by atoms with Crippen LogP contribution < -0.4 is 38.9 Å². The summed E-state index contributed by atoms with van der Waals surface area (Å²) >= 11 is 0. The van der Waals surface area contributed by atoms with Gasteiger partial charge in [-0.25, -0.2) is 0 Å². The molecule has 12 heteroatoms. The van der Waals surface area contributed by atoms with Crippen molar-refractivity contribution < 1.29 is 19.2 Å². The first kappa shape index (κ1) is 33.2. The number of aldehydes is 1. The molecule has 0 unspecified atom stereocenters. The standard InChI is InChI=1S/C29H44N8O4/c30-15-5-3-11-24(27(40)35-23(19-38)10-7-17-34-29(32)33)37-28(41)25(12-4-6-16-31)36-26(39)22-14-13-20-8-1-2-9-21(20)18-22/h1-2,8-9,13-14,18-19,23-25H,3-7,10-12,15-17,30-31H2,(H,35,40)(H,36,39)(H,37,41)(H4,32,33,34)/t23-,24-,25-/m0/s1. The van der Waals surface area contributed by atoms with Gasteiger partial charge in [-0.1, -0.05) is 30.3 Å². The monoisotopic (exact) mass is 568 g/mol. The number of carbonyl (C=O) groups excluding carboxylic acids is 4. The third kappa shape index (κ3) is 11.9. The molecule has 0 heterocycles. The van der Waals surface area contributed by atoms with Crippen LogP contribution in [0.15, 0.2) is 47.5 Å². The molecule has 0 bridgehead atoms. The topological polar surface area (TPSA) is 221 Å². The molecule has 0 radical (unpaired) electrons. The third-order valence-corrected chi connectivity index (χ3v) is 6.62. The third-order valence-electron chi connectivity index (χ3n) is 6.62. The summed E-state index contributed by atoms with van der Waals surface area (Å²) in [7, 11) is 0. The number of nitrogens with zero attached hydrogens (tertiary/aromatic N) is 1. The molecule has 0 spiro atoms. The Balaban J connectivity index is 2.13. The molecule has 3 atom stereocenters. The largest absolute Gasteiger partial charge is 0.370 e. The summed E-state index contributed by atoms with van der Waals surface area (Å²) in [4.78, 5) is 55.2. The molecule has 224 valence electrons. The van der Waals surface area contributed by atoms with Crippen molar-refractivity contribution in [2.75, 3.05) is 19.6 Å². The summed E-state index contributed by atoms with van der Waals surface area (Å²) in [5.74, 6) is -1.42. The van der Waals surface area contributed by atoms with Gasteiger partial charge in [0.05, 0.1) is 6.04 Å². The zero-order chi connectivity index (χ0) is 30.0. The van der Waals surface area contributed by atoms with Gasteiger partial charge in [0.2, 0.25) is 11.8 Å². The van der Waals surface area contributed by atoms with Crippen molar-refractivity contribution in [3.05, 3.63) is 48.0 Å². The molecule has 0 saturated heterocycles. The second kappa shape index (κ2) is 18.3. The van der Waals surface area contributed by atoms with Crippen LogP contribution in [0.1, 0.15) is 61.7 Å². The molecule has 12 nitrogen and oxygen atoms in total. The van der Waals surface area contributed by atoms with E-state index >= 15 is 0 Å². The molecule has 0 aliphatic carbocycles. The number of hydrogen-bond acceptors (Lipinski definition) is 7. The van der Waals surface area contributed by atoms with E-state index in [9.17, 15) is 19.2 Å². The van der Waals surface area contributed by atoms with Crippen LogP contribution in [0.3, 0.4) is 0 Å². The highest BCUT2D eigenvalue weighted by molar-refractivity contribution is 6.01. The number of rotatable bonds is 19. The number of nitrogens with one attached hydrogen (secondary N) is 3. The van der Waals surface area contributed by atoms with Crippen LogP contribution >= 0.6 is 0 Å². The Hall–Kier alpha value is -4.03. The number of fused-ring (bicyclic) bond motifs is 1. The molecule has 2 rings (SSSR count). The Morgan fingerprint density at radius 3 is 1.98 bits per heavy atom. The fourth-order valence-corrected chi connectivity index (χ4v) is 4.34. The predicted octanol–water partition coefficient (Wildman–Crippen LogP) is 0.418. The maximum absolute atomic E-state index is 13.4. The van der Waals surface area contributed by atoms with Crippen molar-refractivity contribution in [1.82, 2.24) is 16.0 Å². The van der Waals surface area contributed by atoms with E-state index in [4.69, 9.17) is 22.9 Å². The lowest BCUT2D eigenvalue weighted by Gasteiger charge is -2.24. The zero-order valence-electron chi connectivity index (χ0n) is 23.5. The maximum Gasteiger partial charge on any atom is 0.251 e. The number of amides is 3. The van der Waals surface area contributed by atoms with Gasteiger partial charge in [-0.3, -0.25) is 19.4 Å². The number of unbranched alkanes of at least 4 members (excludes halogenated alkanes) is 2. The number of hydrogen-bond donors (Lipinski definition) is 7. The van der Waals surface area contributed by atoms with E-state index in [1.54, 1.807) is 12.1 Å². The Bertz CT molecular complexity index is 1170. The molecule has 0 aromatic heterocycles. The highest BCUT2D eigenvalue weighted by Crippen LogP contribution is 2.16. The summed E-state index contributed by atoms with van der Waals surface area (Å²) < 4.78 is 0. The molecule has 0 fully saturated rings. The number of guanidine groups is 1. The average molecular weight is 569 g/mol. The lowest BCUT2D eigenvalue weighted by molar-refractivity contribution is -0.131. The van der Waals surface area contributed by atoms with Gasteiger partial charge in [0.1, 0.15) is 18.4 Å². The van der Waals surface area contributed by atoms with Crippen LogP contribution in [-0.2, 0) is 14.4 Å². The lowest BCUT2D eigenvalue weighted by atomic mass is 10.0. The second-order valence-electron chi connectivity index (χ2n) is 9.92. The predicted molar refractivity (Wildman–Crippen MR) is 161 cm³/mol. The van der Waals surface area contributed by atoms with Crippen LogP contribution in [0.25, 0.3) is 10.8 Å². The van der Waals surface area contributed by atoms with Crippen LogP contribution in [0.2, 0.25) is 0 Å². The first-order valence-electron chi connectivity index (χ1n) is 14.1. The minimum Gasteiger partial charge on any atom is -0.370 e. The minimum absolute atomic E-state index is 0.0481. The summed E-state index contributed by atoms with van der Waals surface area (Å²) in [5.41, 5.74) is 22.3. The van der Waals surface area contributed by atoms with Crippen molar-refractivity contribution in [3.63, 3.8) is 0 Å². The SMILES string of the molecule is NCCCC[C@H](NC(=O)c1ccc2ccccc2c1)C(=O)N[C@@H](CCCCN)C(=O)N[C@H](C=O)CCCN=C(N)N. The van der Waals surface area contributed by atoms with Crippen LogP contribution in [0, 0.1) is 0 Å². The molecule has 3 amide bonds. The van der Waals surface area contributed by atoms with E-state index in [-0.39, 0.29) is 5.96 Å². The molecule has 0 saturated carbocycles. The van der Waals surface area contributed by atoms with E-state index in [1.807, 2.05) is 30.3 Å². The normalized spacial score (nSPS) is 13.0. The molecular weight excluding hydrogens is 524 g/mol.